The lowest BCUT2D eigenvalue weighted by molar-refractivity contribution is -0.116. The molecule has 1 saturated heterocycles. The minimum atomic E-state index is -0.378. The number of H-pyrrole nitrogens is 1. The van der Waals surface area contributed by atoms with Crippen molar-refractivity contribution in [1.29, 1.82) is 0 Å². The number of fused-ring (bicyclic) bond motifs is 1. The Morgan fingerprint density at radius 1 is 1.19 bits per heavy atom. The van der Waals surface area contributed by atoms with Gasteiger partial charge in [0.1, 0.15) is 11.6 Å². The monoisotopic (exact) mass is 368 g/mol. The van der Waals surface area contributed by atoms with Gasteiger partial charge in [-0.2, -0.15) is 4.98 Å². The highest BCUT2D eigenvalue weighted by molar-refractivity contribution is 5.94. The number of aromatic nitrogens is 2. The smallest absolute Gasteiger partial charge is 0.258 e. The highest BCUT2D eigenvalue weighted by atomic mass is 16.5. The van der Waals surface area contributed by atoms with E-state index in [4.69, 9.17) is 4.74 Å². The quantitative estimate of drug-likeness (QED) is 0.869. The molecule has 2 aliphatic rings. The number of hydrogen-bond donors (Lipinski definition) is 2. The average molecular weight is 368 g/mol. The summed E-state index contributed by atoms with van der Waals surface area (Å²) >= 11 is 0. The van der Waals surface area contributed by atoms with E-state index < -0.39 is 0 Å². The van der Waals surface area contributed by atoms with E-state index >= 15 is 0 Å². The molecule has 1 amide bonds. The molecular weight excluding hydrogens is 344 g/mol. The molecule has 1 aromatic heterocycles. The predicted octanol–water partition coefficient (Wildman–Crippen LogP) is 2.49. The Bertz CT molecular complexity index is 916. The van der Waals surface area contributed by atoms with Crippen LogP contribution in [-0.4, -0.2) is 36.1 Å². The van der Waals surface area contributed by atoms with Crippen LogP contribution in [0.1, 0.15) is 43.2 Å². The van der Waals surface area contributed by atoms with E-state index in [0.29, 0.717) is 29.0 Å². The Balaban J connectivity index is 1.76. The molecule has 3 heterocycles. The molecule has 0 bridgehead atoms. The summed E-state index contributed by atoms with van der Waals surface area (Å²) in [6, 6.07) is 7.49. The van der Waals surface area contributed by atoms with E-state index in [2.05, 4.69) is 27.1 Å². The zero-order valence-electron chi connectivity index (χ0n) is 15.6. The SMILES string of the molecule is COc1ccccc1[C@@H]1CC(=O)Nc2nc(N3CCC(C)CC3)[nH]c(=O)c21. The van der Waals surface area contributed by atoms with Crippen LogP contribution >= 0.6 is 0 Å². The maximum atomic E-state index is 13.0. The maximum absolute atomic E-state index is 13.0. The molecule has 1 aromatic carbocycles. The fourth-order valence-electron chi connectivity index (χ4n) is 3.95. The number of hydrogen-bond acceptors (Lipinski definition) is 5. The summed E-state index contributed by atoms with van der Waals surface area (Å²) in [6.07, 6.45) is 2.33. The van der Waals surface area contributed by atoms with Crippen molar-refractivity contribution >= 4 is 17.7 Å². The topological polar surface area (TPSA) is 87.3 Å². The Labute approximate surface area is 157 Å². The molecule has 0 saturated carbocycles. The second-order valence-corrected chi connectivity index (χ2v) is 7.37. The van der Waals surface area contributed by atoms with Gasteiger partial charge in [0.25, 0.3) is 5.56 Å². The van der Waals surface area contributed by atoms with Crippen molar-refractivity contribution in [2.24, 2.45) is 5.92 Å². The van der Waals surface area contributed by atoms with Gasteiger partial charge in [-0.15, -0.1) is 0 Å². The summed E-state index contributed by atoms with van der Waals surface area (Å²) in [5.74, 6) is 1.72. The number of benzene rings is 1. The van der Waals surface area contributed by atoms with E-state index in [1.54, 1.807) is 7.11 Å². The van der Waals surface area contributed by atoms with Crippen molar-refractivity contribution in [1.82, 2.24) is 9.97 Å². The highest BCUT2D eigenvalue weighted by Crippen LogP contribution is 2.38. The van der Waals surface area contributed by atoms with E-state index in [1.165, 1.54) is 0 Å². The van der Waals surface area contributed by atoms with Crippen LogP contribution in [-0.2, 0) is 4.79 Å². The fourth-order valence-corrected chi connectivity index (χ4v) is 3.95. The first-order chi connectivity index (χ1) is 13.1. The molecule has 142 valence electrons. The van der Waals surface area contributed by atoms with Crippen molar-refractivity contribution in [2.75, 3.05) is 30.4 Å². The molecule has 1 atom stereocenters. The van der Waals surface area contributed by atoms with E-state index in [1.807, 2.05) is 24.3 Å². The first kappa shape index (κ1) is 17.6. The lowest BCUT2D eigenvalue weighted by atomic mass is 9.86. The van der Waals surface area contributed by atoms with Gasteiger partial charge in [-0.1, -0.05) is 25.1 Å². The molecule has 7 nitrogen and oxygen atoms in total. The molecular formula is C20H24N4O3. The average Bonchev–Trinajstić information content (AvgIpc) is 2.67. The normalized spacial score (nSPS) is 20.1. The summed E-state index contributed by atoms with van der Waals surface area (Å²) in [5.41, 5.74) is 1.11. The van der Waals surface area contributed by atoms with Crippen LogP contribution < -0.4 is 20.5 Å². The van der Waals surface area contributed by atoms with Crippen molar-refractivity contribution in [2.45, 2.75) is 32.1 Å². The van der Waals surface area contributed by atoms with Gasteiger partial charge in [0, 0.05) is 31.0 Å². The Hall–Kier alpha value is -2.83. The van der Waals surface area contributed by atoms with Crippen LogP contribution in [0, 0.1) is 5.92 Å². The van der Waals surface area contributed by atoms with Gasteiger partial charge in [0.05, 0.1) is 12.7 Å². The number of nitrogens with zero attached hydrogens (tertiary/aromatic N) is 2. The number of aromatic amines is 1. The van der Waals surface area contributed by atoms with Gasteiger partial charge in [0.15, 0.2) is 0 Å². The third kappa shape index (κ3) is 3.29. The number of ether oxygens (including phenoxy) is 1. The van der Waals surface area contributed by atoms with E-state index in [-0.39, 0.29) is 23.8 Å². The minimum Gasteiger partial charge on any atom is -0.496 e. The number of carbonyl (C=O) groups is 1. The lowest BCUT2D eigenvalue weighted by Gasteiger charge is -2.32. The van der Waals surface area contributed by atoms with Gasteiger partial charge >= 0.3 is 0 Å². The summed E-state index contributed by atoms with van der Waals surface area (Å²) in [7, 11) is 1.59. The molecule has 2 N–H and O–H groups in total. The molecule has 0 aliphatic carbocycles. The van der Waals surface area contributed by atoms with Gasteiger partial charge in [0.2, 0.25) is 11.9 Å². The number of carbonyl (C=O) groups excluding carboxylic acids is 1. The summed E-state index contributed by atoms with van der Waals surface area (Å²) in [6.45, 7) is 3.94. The first-order valence-electron chi connectivity index (χ1n) is 9.38. The largest absolute Gasteiger partial charge is 0.496 e. The zero-order chi connectivity index (χ0) is 19.0. The second kappa shape index (κ2) is 7.06. The Morgan fingerprint density at radius 3 is 2.67 bits per heavy atom. The third-order valence-electron chi connectivity index (χ3n) is 5.54. The third-order valence-corrected chi connectivity index (χ3v) is 5.54. The van der Waals surface area contributed by atoms with E-state index in [0.717, 1.165) is 31.5 Å². The molecule has 0 spiro atoms. The summed E-state index contributed by atoms with van der Waals surface area (Å²) in [4.78, 5) is 34.9. The number of para-hydroxylation sites is 1. The molecule has 0 unspecified atom stereocenters. The van der Waals surface area contributed by atoms with Crippen molar-refractivity contribution in [3.05, 3.63) is 45.7 Å². The number of anilines is 2. The molecule has 1 fully saturated rings. The first-order valence-corrected chi connectivity index (χ1v) is 9.38. The highest BCUT2D eigenvalue weighted by Gasteiger charge is 2.33. The van der Waals surface area contributed by atoms with Crippen LogP contribution in [0.3, 0.4) is 0 Å². The van der Waals surface area contributed by atoms with Crippen molar-refractivity contribution in [3.63, 3.8) is 0 Å². The Kier molecular flexibility index (Phi) is 4.59. The Morgan fingerprint density at radius 2 is 1.93 bits per heavy atom. The molecule has 0 radical (unpaired) electrons. The van der Waals surface area contributed by atoms with Crippen LogP contribution in [0.15, 0.2) is 29.1 Å². The van der Waals surface area contributed by atoms with Crippen molar-refractivity contribution in [3.8, 4) is 5.75 Å². The standard InChI is InChI=1S/C20H24N4O3/c1-12-7-9-24(10-8-12)20-22-18-17(19(26)23-20)14(11-16(25)21-18)13-5-3-4-6-15(13)27-2/h3-6,12,14H,7-11H2,1-2H3,(H2,21,22,23,25,26)/t14-/m0/s1. The second-order valence-electron chi connectivity index (χ2n) is 7.37. The lowest BCUT2D eigenvalue weighted by Crippen LogP contribution is -2.37. The van der Waals surface area contributed by atoms with Gasteiger partial charge in [-0.3, -0.25) is 14.6 Å². The molecule has 2 aromatic rings. The zero-order valence-corrected chi connectivity index (χ0v) is 15.6. The van der Waals surface area contributed by atoms with Crippen LogP contribution in [0.5, 0.6) is 5.75 Å². The predicted molar refractivity (Wildman–Crippen MR) is 104 cm³/mol. The fraction of sp³-hybridized carbons (Fsp3) is 0.450. The maximum Gasteiger partial charge on any atom is 0.258 e. The summed E-state index contributed by atoms with van der Waals surface area (Å²) in [5, 5.41) is 2.79. The number of nitrogens with one attached hydrogen (secondary N) is 2. The van der Waals surface area contributed by atoms with Crippen LogP contribution in [0.25, 0.3) is 0 Å². The molecule has 7 heteroatoms. The number of rotatable bonds is 3. The molecule has 27 heavy (non-hydrogen) atoms. The van der Waals surface area contributed by atoms with Crippen LogP contribution in [0.4, 0.5) is 11.8 Å². The van der Waals surface area contributed by atoms with E-state index in [9.17, 15) is 9.59 Å². The van der Waals surface area contributed by atoms with Crippen molar-refractivity contribution < 1.29 is 9.53 Å². The number of piperidine rings is 1. The molecule has 2 aliphatic heterocycles. The van der Waals surface area contributed by atoms with Crippen LogP contribution in [0.2, 0.25) is 0 Å². The minimum absolute atomic E-state index is 0.144. The number of amides is 1. The number of methoxy groups -OCH3 is 1. The summed E-state index contributed by atoms with van der Waals surface area (Å²) < 4.78 is 5.45. The van der Waals surface area contributed by atoms with Gasteiger partial charge < -0.3 is 15.0 Å². The van der Waals surface area contributed by atoms with Gasteiger partial charge in [-0.05, 0) is 24.8 Å². The van der Waals surface area contributed by atoms with Gasteiger partial charge in [-0.25, -0.2) is 0 Å². The molecule has 4 rings (SSSR count).